The molecule has 0 heterocycles. The molecule has 0 aliphatic carbocycles. The van der Waals surface area contributed by atoms with E-state index in [0.29, 0.717) is 13.2 Å². The SMILES string of the molecule is Cc1cc(F)ccc1COc1cccc(CN)c1. The molecule has 0 unspecified atom stereocenters. The molecule has 0 radical (unpaired) electrons. The van der Waals surface area contributed by atoms with E-state index in [1.165, 1.54) is 12.1 Å². The number of halogens is 1. The first kappa shape index (κ1) is 12.6. The van der Waals surface area contributed by atoms with Gasteiger partial charge in [-0.15, -0.1) is 0 Å². The zero-order valence-corrected chi connectivity index (χ0v) is 10.3. The van der Waals surface area contributed by atoms with Gasteiger partial charge in [0.05, 0.1) is 0 Å². The molecule has 0 bridgehead atoms. The Morgan fingerprint density at radius 1 is 1.17 bits per heavy atom. The van der Waals surface area contributed by atoms with Crippen LogP contribution in [0.2, 0.25) is 0 Å². The van der Waals surface area contributed by atoms with Crippen molar-refractivity contribution >= 4 is 0 Å². The highest BCUT2D eigenvalue weighted by Crippen LogP contribution is 2.17. The van der Waals surface area contributed by atoms with Gasteiger partial charge >= 0.3 is 0 Å². The molecule has 0 aromatic heterocycles. The van der Waals surface area contributed by atoms with E-state index in [-0.39, 0.29) is 5.82 Å². The van der Waals surface area contributed by atoms with Gasteiger partial charge in [0.2, 0.25) is 0 Å². The van der Waals surface area contributed by atoms with Crippen LogP contribution in [0.3, 0.4) is 0 Å². The molecule has 2 aromatic carbocycles. The minimum absolute atomic E-state index is 0.221. The summed E-state index contributed by atoms with van der Waals surface area (Å²) in [4.78, 5) is 0. The van der Waals surface area contributed by atoms with Crippen LogP contribution in [-0.2, 0) is 13.2 Å². The maximum absolute atomic E-state index is 13.0. The Labute approximate surface area is 106 Å². The van der Waals surface area contributed by atoms with Crippen LogP contribution in [-0.4, -0.2) is 0 Å². The lowest BCUT2D eigenvalue weighted by Gasteiger charge is -2.09. The quantitative estimate of drug-likeness (QED) is 0.898. The summed E-state index contributed by atoms with van der Waals surface area (Å²) in [6, 6.07) is 12.4. The predicted octanol–water partition coefficient (Wildman–Crippen LogP) is 3.17. The van der Waals surface area contributed by atoms with Gasteiger partial charge in [0, 0.05) is 6.54 Å². The third kappa shape index (κ3) is 3.08. The van der Waals surface area contributed by atoms with Crippen LogP contribution < -0.4 is 10.5 Å². The van der Waals surface area contributed by atoms with Gasteiger partial charge in [-0.1, -0.05) is 18.2 Å². The van der Waals surface area contributed by atoms with Crippen molar-refractivity contribution < 1.29 is 9.13 Å². The van der Waals surface area contributed by atoms with E-state index in [2.05, 4.69) is 0 Å². The van der Waals surface area contributed by atoms with Gasteiger partial charge in [-0.2, -0.15) is 0 Å². The molecule has 2 nitrogen and oxygen atoms in total. The van der Waals surface area contributed by atoms with E-state index in [1.807, 2.05) is 31.2 Å². The summed E-state index contributed by atoms with van der Waals surface area (Å²) < 4.78 is 18.6. The lowest BCUT2D eigenvalue weighted by Crippen LogP contribution is -2.00. The minimum Gasteiger partial charge on any atom is -0.489 e. The summed E-state index contributed by atoms with van der Waals surface area (Å²) in [5.41, 5.74) is 8.47. The molecule has 94 valence electrons. The Hall–Kier alpha value is -1.87. The standard InChI is InChI=1S/C15H16FNO/c1-11-7-14(16)6-5-13(11)10-18-15-4-2-3-12(8-15)9-17/h2-8H,9-10,17H2,1H3. The van der Waals surface area contributed by atoms with Gasteiger partial charge in [0.25, 0.3) is 0 Å². The third-order valence-corrected chi connectivity index (χ3v) is 2.83. The van der Waals surface area contributed by atoms with Gasteiger partial charge < -0.3 is 10.5 Å². The third-order valence-electron chi connectivity index (χ3n) is 2.83. The molecule has 3 heteroatoms. The van der Waals surface area contributed by atoms with Gasteiger partial charge in [-0.05, 0) is 47.9 Å². The molecule has 0 amide bonds. The second-order valence-corrected chi connectivity index (χ2v) is 4.21. The number of aryl methyl sites for hydroxylation is 1. The summed E-state index contributed by atoms with van der Waals surface area (Å²) in [7, 11) is 0. The maximum atomic E-state index is 13.0. The minimum atomic E-state index is -0.221. The average molecular weight is 245 g/mol. The predicted molar refractivity (Wildman–Crippen MR) is 69.8 cm³/mol. The second kappa shape index (κ2) is 5.65. The van der Waals surface area contributed by atoms with Gasteiger partial charge in [-0.3, -0.25) is 0 Å². The fraction of sp³-hybridized carbons (Fsp3) is 0.200. The van der Waals surface area contributed by atoms with E-state index < -0.39 is 0 Å². The molecule has 0 aliphatic rings. The molecule has 2 aromatic rings. The van der Waals surface area contributed by atoms with E-state index in [0.717, 1.165) is 22.4 Å². The molecule has 0 aliphatic heterocycles. The van der Waals surface area contributed by atoms with Crippen molar-refractivity contribution in [3.63, 3.8) is 0 Å². The van der Waals surface area contributed by atoms with E-state index in [9.17, 15) is 4.39 Å². The molecule has 0 fully saturated rings. The van der Waals surface area contributed by atoms with Gasteiger partial charge in [-0.25, -0.2) is 4.39 Å². The van der Waals surface area contributed by atoms with Crippen LogP contribution in [0.1, 0.15) is 16.7 Å². The average Bonchev–Trinajstić information content (AvgIpc) is 2.38. The van der Waals surface area contributed by atoms with Crippen LogP contribution >= 0.6 is 0 Å². The van der Waals surface area contributed by atoms with Crippen LogP contribution in [0.15, 0.2) is 42.5 Å². The molecule has 0 atom stereocenters. The first-order valence-electron chi connectivity index (χ1n) is 5.86. The summed E-state index contributed by atoms with van der Waals surface area (Å²) in [6.45, 7) is 2.80. The Bertz CT molecular complexity index is 540. The molecular formula is C15H16FNO. The molecule has 18 heavy (non-hydrogen) atoms. The summed E-state index contributed by atoms with van der Waals surface area (Å²) in [5, 5.41) is 0. The van der Waals surface area contributed by atoms with E-state index >= 15 is 0 Å². The van der Waals surface area contributed by atoms with Crippen molar-refractivity contribution in [1.82, 2.24) is 0 Å². The van der Waals surface area contributed by atoms with E-state index in [1.54, 1.807) is 6.07 Å². The Morgan fingerprint density at radius 2 is 2.00 bits per heavy atom. The summed E-state index contributed by atoms with van der Waals surface area (Å²) in [5.74, 6) is 0.558. The van der Waals surface area contributed by atoms with Crippen molar-refractivity contribution in [2.24, 2.45) is 5.73 Å². The number of nitrogens with two attached hydrogens (primary N) is 1. The molecular weight excluding hydrogens is 229 g/mol. The normalized spacial score (nSPS) is 10.4. The highest BCUT2D eigenvalue weighted by molar-refractivity contribution is 5.30. The highest BCUT2D eigenvalue weighted by Gasteiger charge is 2.02. The Kier molecular flexibility index (Phi) is 3.95. The van der Waals surface area contributed by atoms with E-state index in [4.69, 9.17) is 10.5 Å². The lowest BCUT2D eigenvalue weighted by molar-refractivity contribution is 0.305. The van der Waals surface area contributed by atoms with Crippen LogP contribution in [0, 0.1) is 12.7 Å². The van der Waals surface area contributed by atoms with Gasteiger partial charge in [0.15, 0.2) is 0 Å². The van der Waals surface area contributed by atoms with Crippen LogP contribution in [0.5, 0.6) is 5.75 Å². The monoisotopic (exact) mass is 245 g/mol. The van der Waals surface area contributed by atoms with Crippen molar-refractivity contribution in [2.45, 2.75) is 20.1 Å². The number of hydrogen-bond donors (Lipinski definition) is 1. The molecule has 2 N–H and O–H groups in total. The largest absolute Gasteiger partial charge is 0.489 e. The number of hydrogen-bond acceptors (Lipinski definition) is 2. The van der Waals surface area contributed by atoms with Crippen molar-refractivity contribution in [1.29, 1.82) is 0 Å². The molecule has 0 spiro atoms. The number of benzene rings is 2. The van der Waals surface area contributed by atoms with Crippen LogP contribution in [0.4, 0.5) is 4.39 Å². The van der Waals surface area contributed by atoms with Crippen LogP contribution in [0.25, 0.3) is 0 Å². The lowest BCUT2D eigenvalue weighted by atomic mass is 10.1. The zero-order valence-electron chi connectivity index (χ0n) is 10.3. The fourth-order valence-corrected chi connectivity index (χ4v) is 1.74. The maximum Gasteiger partial charge on any atom is 0.123 e. The summed E-state index contributed by atoms with van der Waals surface area (Å²) >= 11 is 0. The zero-order chi connectivity index (χ0) is 13.0. The smallest absolute Gasteiger partial charge is 0.123 e. The van der Waals surface area contributed by atoms with Gasteiger partial charge in [0.1, 0.15) is 18.2 Å². The Balaban J connectivity index is 2.06. The second-order valence-electron chi connectivity index (χ2n) is 4.21. The Morgan fingerprint density at radius 3 is 2.72 bits per heavy atom. The topological polar surface area (TPSA) is 35.2 Å². The number of ether oxygens (including phenoxy) is 1. The summed E-state index contributed by atoms with van der Waals surface area (Å²) in [6.07, 6.45) is 0. The number of rotatable bonds is 4. The van der Waals surface area contributed by atoms with Crippen molar-refractivity contribution in [3.05, 3.63) is 65.0 Å². The molecule has 0 saturated heterocycles. The fourth-order valence-electron chi connectivity index (χ4n) is 1.74. The first-order chi connectivity index (χ1) is 8.69. The highest BCUT2D eigenvalue weighted by atomic mass is 19.1. The van der Waals surface area contributed by atoms with Crippen molar-refractivity contribution in [2.75, 3.05) is 0 Å². The molecule has 2 rings (SSSR count). The molecule has 0 saturated carbocycles. The first-order valence-corrected chi connectivity index (χ1v) is 5.86. The van der Waals surface area contributed by atoms with Crippen molar-refractivity contribution in [3.8, 4) is 5.75 Å².